The van der Waals surface area contributed by atoms with Gasteiger partial charge in [-0.15, -0.1) is 0 Å². The molecule has 0 unspecified atom stereocenters. The number of benzene rings is 1. The highest BCUT2D eigenvalue weighted by molar-refractivity contribution is 6.06. The van der Waals surface area contributed by atoms with Crippen molar-refractivity contribution in [3.63, 3.8) is 0 Å². The van der Waals surface area contributed by atoms with Gasteiger partial charge in [-0.2, -0.15) is 5.10 Å². The maximum absolute atomic E-state index is 13.8. The van der Waals surface area contributed by atoms with Crippen molar-refractivity contribution in [2.45, 2.75) is 20.8 Å². The van der Waals surface area contributed by atoms with Crippen LogP contribution in [0.2, 0.25) is 0 Å². The number of carbonyl (C=O) groups is 2. The molecule has 0 atom stereocenters. The summed E-state index contributed by atoms with van der Waals surface area (Å²) >= 11 is 0. The van der Waals surface area contributed by atoms with Crippen molar-refractivity contribution in [1.29, 1.82) is 0 Å². The third kappa shape index (κ3) is 3.25. The van der Waals surface area contributed by atoms with Gasteiger partial charge in [-0.1, -0.05) is 0 Å². The minimum atomic E-state index is -0.587. The standard InChI is InChI=1S/C14H15FN4O2/c1-7-13(8(2)19-18-7)14(21)17-12-6-10(16-9(3)20)4-5-11(12)15/h4-6H,1-3H3,(H,16,20)(H,17,21)(H,18,19). The molecule has 2 rings (SSSR count). The Hall–Kier alpha value is -2.70. The smallest absolute Gasteiger partial charge is 0.259 e. The molecule has 1 heterocycles. The first-order valence-electron chi connectivity index (χ1n) is 6.28. The zero-order valence-corrected chi connectivity index (χ0v) is 11.9. The van der Waals surface area contributed by atoms with Gasteiger partial charge in [0.05, 0.1) is 16.9 Å². The predicted molar refractivity (Wildman–Crippen MR) is 76.7 cm³/mol. The zero-order valence-electron chi connectivity index (χ0n) is 11.9. The van der Waals surface area contributed by atoms with Gasteiger partial charge in [-0.05, 0) is 32.0 Å². The Bertz CT molecular complexity index is 689. The lowest BCUT2D eigenvalue weighted by Crippen LogP contribution is -2.15. The van der Waals surface area contributed by atoms with Crippen LogP contribution in [0.25, 0.3) is 0 Å². The molecule has 3 N–H and O–H groups in total. The molecule has 0 bridgehead atoms. The fraction of sp³-hybridized carbons (Fsp3) is 0.214. The molecule has 0 aliphatic heterocycles. The number of halogens is 1. The number of aromatic amines is 1. The third-order valence-corrected chi connectivity index (χ3v) is 2.89. The third-order valence-electron chi connectivity index (χ3n) is 2.89. The summed E-state index contributed by atoms with van der Waals surface area (Å²) in [5, 5.41) is 11.6. The fourth-order valence-corrected chi connectivity index (χ4v) is 1.97. The van der Waals surface area contributed by atoms with E-state index in [2.05, 4.69) is 20.8 Å². The largest absolute Gasteiger partial charge is 0.326 e. The summed E-state index contributed by atoms with van der Waals surface area (Å²) in [4.78, 5) is 23.2. The summed E-state index contributed by atoms with van der Waals surface area (Å²) in [6, 6.07) is 3.95. The molecule has 0 saturated carbocycles. The highest BCUT2D eigenvalue weighted by Gasteiger charge is 2.17. The maximum Gasteiger partial charge on any atom is 0.259 e. The summed E-state index contributed by atoms with van der Waals surface area (Å²) < 4.78 is 13.8. The van der Waals surface area contributed by atoms with Gasteiger partial charge >= 0.3 is 0 Å². The van der Waals surface area contributed by atoms with E-state index >= 15 is 0 Å². The van der Waals surface area contributed by atoms with Crippen LogP contribution < -0.4 is 10.6 Å². The Balaban J connectivity index is 2.26. The molecule has 2 aromatic rings. The molecular formula is C14H15FN4O2. The van der Waals surface area contributed by atoms with Gasteiger partial charge < -0.3 is 10.6 Å². The van der Waals surface area contributed by atoms with E-state index in [9.17, 15) is 14.0 Å². The molecular weight excluding hydrogens is 275 g/mol. The van der Waals surface area contributed by atoms with Gasteiger partial charge in [0.15, 0.2) is 0 Å². The van der Waals surface area contributed by atoms with Gasteiger partial charge in [-0.25, -0.2) is 4.39 Å². The van der Waals surface area contributed by atoms with Crippen LogP contribution in [0.1, 0.15) is 28.7 Å². The van der Waals surface area contributed by atoms with Crippen molar-refractivity contribution in [2.75, 3.05) is 10.6 Å². The Morgan fingerprint density at radius 3 is 2.52 bits per heavy atom. The van der Waals surface area contributed by atoms with E-state index in [1.54, 1.807) is 13.8 Å². The van der Waals surface area contributed by atoms with E-state index in [-0.39, 0.29) is 11.6 Å². The first-order valence-corrected chi connectivity index (χ1v) is 6.28. The first kappa shape index (κ1) is 14.7. The van der Waals surface area contributed by atoms with Crippen molar-refractivity contribution in [3.8, 4) is 0 Å². The SMILES string of the molecule is CC(=O)Nc1ccc(F)c(NC(=O)c2c(C)n[nH]c2C)c1. The average molecular weight is 290 g/mol. The van der Waals surface area contributed by atoms with Crippen molar-refractivity contribution >= 4 is 23.2 Å². The Kier molecular flexibility index (Phi) is 4.02. The second-order valence-corrected chi connectivity index (χ2v) is 4.64. The van der Waals surface area contributed by atoms with Gasteiger partial charge in [0, 0.05) is 18.3 Å². The number of amides is 2. The second kappa shape index (κ2) is 5.74. The summed E-state index contributed by atoms with van der Waals surface area (Å²) in [7, 11) is 0. The molecule has 1 aromatic carbocycles. The molecule has 21 heavy (non-hydrogen) atoms. The summed E-state index contributed by atoms with van der Waals surface area (Å²) in [5.41, 5.74) is 1.90. The summed E-state index contributed by atoms with van der Waals surface area (Å²) in [5.74, 6) is -1.32. The van der Waals surface area contributed by atoms with E-state index in [4.69, 9.17) is 0 Å². The Labute approximate surface area is 120 Å². The molecule has 110 valence electrons. The predicted octanol–water partition coefficient (Wildman–Crippen LogP) is 2.38. The van der Waals surface area contributed by atoms with E-state index in [1.807, 2.05) is 0 Å². The minimum Gasteiger partial charge on any atom is -0.326 e. The van der Waals surface area contributed by atoms with Crippen LogP contribution in [-0.2, 0) is 4.79 Å². The lowest BCUT2D eigenvalue weighted by Gasteiger charge is -2.09. The quantitative estimate of drug-likeness (QED) is 0.811. The van der Waals surface area contributed by atoms with Crippen LogP contribution in [0.3, 0.4) is 0 Å². The number of nitrogens with zero attached hydrogens (tertiary/aromatic N) is 1. The van der Waals surface area contributed by atoms with E-state index in [0.717, 1.165) is 0 Å². The number of H-pyrrole nitrogens is 1. The zero-order chi connectivity index (χ0) is 15.6. The van der Waals surface area contributed by atoms with Crippen molar-refractivity contribution in [1.82, 2.24) is 10.2 Å². The lowest BCUT2D eigenvalue weighted by atomic mass is 10.1. The molecule has 7 heteroatoms. The number of anilines is 2. The monoisotopic (exact) mass is 290 g/mol. The van der Waals surface area contributed by atoms with E-state index < -0.39 is 11.7 Å². The maximum atomic E-state index is 13.8. The fourth-order valence-electron chi connectivity index (χ4n) is 1.97. The molecule has 1 aromatic heterocycles. The van der Waals surface area contributed by atoms with E-state index in [1.165, 1.54) is 25.1 Å². The second-order valence-electron chi connectivity index (χ2n) is 4.64. The summed E-state index contributed by atoms with van der Waals surface area (Å²) in [6.45, 7) is 4.74. The Morgan fingerprint density at radius 1 is 1.24 bits per heavy atom. The van der Waals surface area contributed by atoms with Crippen molar-refractivity contribution < 1.29 is 14.0 Å². The van der Waals surface area contributed by atoms with Crippen molar-refractivity contribution in [3.05, 3.63) is 41.0 Å². The molecule has 0 aliphatic carbocycles. The number of aromatic nitrogens is 2. The van der Waals surface area contributed by atoms with Crippen LogP contribution in [-0.4, -0.2) is 22.0 Å². The van der Waals surface area contributed by atoms with Gasteiger partial charge in [0.25, 0.3) is 5.91 Å². The molecule has 0 spiro atoms. The highest BCUT2D eigenvalue weighted by Crippen LogP contribution is 2.21. The molecule has 2 amide bonds. The van der Waals surface area contributed by atoms with Crippen LogP contribution in [0.4, 0.5) is 15.8 Å². The van der Waals surface area contributed by atoms with Crippen molar-refractivity contribution in [2.24, 2.45) is 0 Å². The Morgan fingerprint density at radius 2 is 1.95 bits per heavy atom. The average Bonchev–Trinajstić information content (AvgIpc) is 2.72. The number of aryl methyl sites for hydroxylation is 2. The highest BCUT2D eigenvalue weighted by atomic mass is 19.1. The van der Waals surface area contributed by atoms with E-state index in [0.29, 0.717) is 22.6 Å². The van der Waals surface area contributed by atoms with Crippen LogP contribution in [0.15, 0.2) is 18.2 Å². The van der Waals surface area contributed by atoms with Crippen LogP contribution in [0.5, 0.6) is 0 Å². The van der Waals surface area contributed by atoms with Crippen LogP contribution in [0, 0.1) is 19.7 Å². The molecule has 0 radical (unpaired) electrons. The van der Waals surface area contributed by atoms with Gasteiger partial charge in [0.1, 0.15) is 5.82 Å². The normalized spacial score (nSPS) is 10.3. The number of rotatable bonds is 3. The number of hydrogen-bond donors (Lipinski definition) is 3. The lowest BCUT2D eigenvalue weighted by molar-refractivity contribution is -0.114. The van der Waals surface area contributed by atoms with Gasteiger partial charge in [-0.3, -0.25) is 14.7 Å². The molecule has 0 saturated heterocycles. The van der Waals surface area contributed by atoms with Gasteiger partial charge in [0.2, 0.25) is 5.91 Å². The topological polar surface area (TPSA) is 86.9 Å². The molecule has 0 aliphatic rings. The molecule has 0 fully saturated rings. The number of hydrogen-bond acceptors (Lipinski definition) is 3. The van der Waals surface area contributed by atoms with Crippen LogP contribution >= 0.6 is 0 Å². The number of carbonyl (C=O) groups excluding carboxylic acids is 2. The summed E-state index contributed by atoms with van der Waals surface area (Å²) in [6.07, 6.45) is 0. The molecule has 6 nitrogen and oxygen atoms in total. The minimum absolute atomic E-state index is 0.00810. The number of nitrogens with one attached hydrogen (secondary N) is 3. The first-order chi connectivity index (χ1) is 9.88.